The number of H-pyrrole nitrogens is 1. The predicted molar refractivity (Wildman–Crippen MR) is 78.9 cm³/mol. The van der Waals surface area contributed by atoms with Crippen molar-refractivity contribution in [2.75, 3.05) is 19.0 Å². The van der Waals surface area contributed by atoms with Crippen LogP contribution in [0.2, 0.25) is 0 Å². The maximum Gasteiger partial charge on any atom is 0.250 e. The molecule has 3 rings (SSSR count). The Hall–Kier alpha value is -2.63. The summed E-state index contributed by atoms with van der Waals surface area (Å²) in [7, 11) is 5.58. The fourth-order valence-electron chi connectivity index (χ4n) is 1.96. The molecule has 0 bridgehead atoms. The van der Waals surface area contributed by atoms with Crippen molar-refractivity contribution in [2.45, 2.75) is 0 Å². The number of imidazole rings is 1. The van der Waals surface area contributed by atoms with Crippen molar-refractivity contribution in [1.82, 2.24) is 19.5 Å². The van der Waals surface area contributed by atoms with Crippen LogP contribution < -0.4 is 10.5 Å². The van der Waals surface area contributed by atoms with Gasteiger partial charge < -0.3 is 14.5 Å². The van der Waals surface area contributed by atoms with Gasteiger partial charge >= 0.3 is 0 Å². The molecule has 0 aliphatic carbocycles. The molecule has 0 spiro atoms. The van der Waals surface area contributed by atoms with Crippen molar-refractivity contribution in [3.63, 3.8) is 0 Å². The maximum absolute atomic E-state index is 11.7. The van der Waals surface area contributed by atoms with Gasteiger partial charge in [0, 0.05) is 39.0 Å². The van der Waals surface area contributed by atoms with E-state index >= 15 is 0 Å². The molecule has 0 aromatic carbocycles. The van der Waals surface area contributed by atoms with E-state index in [1.807, 2.05) is 37.2 Å². The van der Waals surface area contributed by atoms with Gasteiger partial charge in [0.05, 0.1) is 5.52 Å². The van der Waals surface area contributed by atoms with Gasteiger partial charge in [-0.2, -0.15) is 0 Å². The molecule has 102 valence electrons. The number of aryl methyl sites for hydroxylation is 1. The molecule has 20 heavy (non-hydrogen) atoms. The Morgan fingerprint density at radius 2 is 2.00 bits per heavy atom. The second-order valence-corrected chi connectivity index (χ2v) is 4.89. The summed E-state index contributed by atoms with van der Waals surface area (Å²) in [5.74, 6) is 1.50. The summed E-state index contributed by atoms with van der Waals surface area (Å²) in [6.45, 7) is 0. The average Bonchev–Trinajstić information content (AvgIpc) is 2.84. The first-order valence-corrected chi connectivity index (χ1v) is 6.26. The number of fused-ring (bicyclic) bond motifs is 1. The number of hydrogen-bond donors (Lipinski definition) is 1. The van der Waals surface area contributed by atoms with Crippen molar-refractivity contribution in [1.29, 1.82) is 0 Å². The molecule has 3 aromatic heterocycles. The van der Waals surface area contributed by atoms with Gasteiger partial charge in [0.2, 0.25) is 0 Å². The Balaban J connectivity index is 2.12. The summed E-state index contributed by atoms with van der Waals surface area (Å²) in [4.78, 5) is 25.7. The highest BCUT2D eigenvalue weighted by atomic mass is 16.1. The third-order valence-electron chi connectivity index (χ3n) is 3.17. The van der Waals surface area contributed by atoms with Gasteiger partial charge in [-0.15, -0.1) is 0 Å². The Bertz CT molecular complexity index is 831. The van der Waals surface area contributed by atoms with E-state index in [0.717, 1.165) is 16.9 Å². The van der Waals surface area contributed by atoms with Crippen molar-refractivity contribution < 1.29 is 0 Å². The zero-order valence-electron chi connectivity index (χ0n) is 11.6. The monoisotopic (exact) mass is 269 g/mol. The maximum atomic E-state index is 11.7. The number of nitrogens with one attached hydrogen (secondary N) is 1. The van der Waals surface area contributed by atoms with E-state index in [1.165, 1.54) is 4.57 Å². The molecule has 3 aromatic rings. The molecule has 6 heteroatoms. The molecule has 0 radical (unpaired) electrons. The van der Waals surface area contributed by atoms with Crippen LogP contribution in [0.4, 0.5) is 5.82 Å². The van der Waals surface area contributed by atoms with E-state index in [4.69, 9.17) is 0 Å². The summed E-state index contributed by atoms with van der Waals surface area (Å²) in [5.41, 5.74) is 2.19. The minimum absolute atomic E-state index is 0.0649. The fourth-order valence-corrected chi connectivity index (χ4v) is 1.96. The Morgan fingerprint density at radius 3 is 2.70 bits per heavy atom. The lowest BCUT2D eigenvalue weighted by Gasteiger charge is -2.09. The van der Waals surface area contributed by atoms with Gasteiger partial charge in [-0.25, -0.2) is 9.97 Å². The van der Waals surface area contributed by atoms with Crippen LogP contribution in [-0.2, 0) is 7.05 Å². The third kappa shape index (κ3) is 2.05. The second-order valence-electron chi connectivity index (χ2n) is 4.89. The van der Waals surface area contributed by atoms with Crippen LogP contribution in [0.1, 0.15) is 0 Å². The third-order valence-corrected chi connectivity index (χ3v) is 3.17. The first kappa shape index (κ1) is 12.4. The van der Waals surface area contributed by atoms with Crippen LogP contribution >= 0.6 is 0 Å². The van der Waals surface area contributed by atoms with Gasteiger partial charge in [-0.05, 0) is 18.2 Å². The topological polar surface area (TPSA) is 66.8 Å². The molecule has 0 aliphatic rings. The zero-order valence-corrected chi connectivity index (χ0v) is 11.6. The Kier molecular flexibility index (Phi) is 2.78. The molecule has 3 heterocycles. The number of rotatable bonds is 2. The molecule has 0 amide bonds. The number of hydrogen-bond acceptors (Lipinski definition) is 4. The zero-order chi connectivity index (χ0) is 14.3. The second kappa shape index (κ2) is 4.48. The largest absolute Gasteiger partial charge is 0.363 e. The summed E-state index contributed by atoms with van der Waals surface area (Å²) in [5, 5.41) is 0. The summed E-state index contributed by atoms with van der Waals surface area (Å²) >= 11 is 0. The summed E-state index contributed by atoms with van der Waals surface area (Å²) in [6.07, 6.45) is 1.73. The fraction of sp³-hybridized carbons (Fsp3) is 0.214. The first-order valence-electron chi connectivity index (χ1n) is 6.26. The minimum atomic E-state index is -0.0649. The lowest BCUT2D eigenvalue weighted by atomic mass is 10.2. The van der Waals surface area contributed by atoms with Crippen molar-refractivity contribution in [2.24, 2.45) is 7.05 Å². The minimum Gasteiger partial charge on any atom is -0.363 e. The number of aromatic nitrogens is 4. The van der Waals surface area contributed by atoms with E-state index in [0.29, 0.717) is 11.5 Å². The smallest absolute Gasteiger partial charge is 0.250 e. The van der Waals surface area contributed by atoms with Gasteiger partial charge in [0.15, 0.2) is 5.65 Å². The van der Waals surface area contributed by atoms with Crippen molar-refractivity contribution >= 4 is 17.0 Å². The van der Waals surface area contributed by atoms with Crippen LogP contribution in [-0.4, -0.2) is 33.6 Å². The molecule has 0 fully saturated rings. The molecule has 0 saturated heterocycles. The Morgan fingerprint density at radius 1 is 1.20 bits per heavy atom. The summed E-state index contributed by atoms with van der Waals surface area (Å²) in [6, 6.07) is 7.28. The number of pyridine rings is 2. The molecule has 0 atom stereocenters. The van der Waals surface area contributed by atoms with Crippen LogP contribution in [0.25, 0.3) is 22.6 Å². The molecule has 6 nitrogen and oxygen atoms in total. The highest BCUT2D eigenvalue weighted by Gasteiger charge is 2.08. The molecular formula is C14H15N5O. The van der Waals surface area contributed by atoms with Crippen molar-refractivity contribution in [3.05, 3.63) is 40.8 Å². The standard InChI is InChI=1S/C14H15N5O/c1-18(2)11-5-4-10-14(16-11)17-13(15-10)9-6-7-19(3)12(20)8-9/h4-8H,1-3H3,(H,15,16,17). The molecule has 0 saturated carbocycles. The van der Waals surface area contributed by atoms with Gasteiger partial charge in [-0.1, -0.05) is 0 Å². The molecule has 1 N–H and O–H groups in total. The highest BCUT2D eigenvalue weighted by molar-refractivity contribution is 5.77. The van der Waals surface area contributed by atoms with E-state index in [9.17, 15) is 4.79 Å². The van der Waals surface area contributed by atoms with Gasteiger partial charge in [-0.3, -0.25) is 4.79 Å². The molecular weight excluding hydrogens is 254 g/mol. The van der Waals surface area contributed by atoms with Crippen molar-refractivity contribution in [3.8, 4) is 11.4 Å². The van der Waals surface area contributed by atoms with E-state index in [-0.39, 0.29) is 5.56 Å². The van der Waals surface area contributed by atoms with E-state index in [1.54, 1.807) is 19.3 Å². The van der Waals surface area contributed by atoms with Crippen LogP contribution in [0.3, 0.4) is 0 Å². The van der Waals surface area contributed by atoms with Crippen LogP contribution in [0.5, 0.6) is 0 Å². The predicted octanol–water partition coefficient (Wildman–Crippen LogP) is 1.39. The Labute approximate surface area is 115 Å². The molecule has 0 aliphatic heterocycles. The van der Waals surface area contributed by atoms with Crippen LogP contribution in [0.15, 0.2) is 35.3 Å². The number of aromatic amines is 1. The summed E-state index contributed by atoms with van der Waals surface area (Å²) < 4.78 is 1.52. The lowest BCUT2D eigenvalue weighted by Crippen LogP contribution is -2.14. The van der Waals surface area contributed by atoms with E-state index in [2.05, 4.69) is 15.0 Å². The quantitative estimate of drug-likeness (QED) is 0.763. The lowest BCUT2D eigenvalue weighted by molar-refractivity contribution is 0.860. The van der Waals surface area contributed by atoms with E-state index < -0.39 is 0 Å². The van der Waals surface area contributed by atoms with Gasteiger partial charge in [0.25, 0.3) is 5.56 Å². The number of anilines is 1. The SMILES string of the molecule is CN(C)c1ccc2[nH]c(-c3ccn(C)c(=O)c3)nc2n1. The van der Waals surface area contributed by atoms with Crippen LogP contribution in [0, 0.1) is 0 Å². The number of nitrogens with zero attached hydrogens (tertiary/aromatic N) is 4. The van der Waals surface area contributed by atoms with Gasteiger partial charge in [0.1, 0.15) is 11.6 Å². The highest BCUT2D eigenvalue weighted by Crippen LogP contribution is 2.20. The molecule has 0 unspecified atom stereocenters. The normalized spacial score (nSPS) is 10.9. The first-order chi connectivity index (χ1) is 9.54. The average molecular weight is 269 g/mol.